The van der Waals surface area contributed by atoms with Gasteiger partial charge in [-0.25, -0.2) is 0 Å². The summed E-state index contributed by atoms with van der Waals surface area (Å²) in [6.45, 7) is 2.42. The number of nitrogens with one attached hydrogen (secondary N) is 1. The molecule has 0 spiro atoms. The lowest BCUT2D eigenvalue weighted by Gasteiger charge is -2.19. The van der Waals surface area contributed by atoms with Gasteiger partial charge < -0.3 is 15.2 Å². The minimum atomic E-state index is -4.77. The highest BCUT2D eigenvalue weighted by molar-refractivity contribution is 5.92. The van der Waals surface area contributed by atoms with Gasteiger partial charge in [0.15, 0.2) is 0 Å². The Hall–Kier alpha value is -2.29. The van der Waals surface area contributed by atoms with Crippen LogP contribution in [-0.2, 0) is 9.59 Å². The molecular formula is C15H17F3N2O4. The minimum absolute atomic E-state index is 0.0175. The Kier molecular flexibility index (Phi) is 5.02. The Bertz CT molecular complexity index is 618. The lowest BCUT2D eigenvalue weighted by atomic mass is 9.90. The van der Waals surface area contributed by atoms with Crippen molar-refractivity contribution in [2.24, 2.45) is 5.41 Å². The topological polar surface area (TPSA) is 78.9 Å². The number of rotatable bonds is 5. The van der Waals surface area contributed by atoms with Crippen molar-refractivity contribution in [3.05, 3.63) is 24.3 Å². The predicted octanol–water partition coefficient (Wildman–Crippen LogP) is 2.32. The van der Waals surface area contributed by atoms with E-state index in [1.54, 1.807) is 11.8 Å². The zero-order chi connectivity index (χ0) is 18.0. The second-order valence-electron chi connectivity index (χ2n) is 5.95. The molecular weight excluding hydrogens is 329 g/mol. The molecule has 0 saturated carbocycles. The summed E-state index contributed by atoms with van der Waals surface area (Å²) in [4.78, 5) is 24.8. The highest BCUT2D eigenvalue weighted by Crippen LogP contribution is 2.30. The van der Waals surface area contributed by atoms with Crippen molar-refractivity contribution in [1.29, 1.82) is 0 Å². The molecule has 2 N–H and O–H groups in total. The molecule has 1 atom stereocenters. The zero-order valence-corrected chi connectivity index (χ0v) is 12.9. The normalized spacial score (nSPS) is 21.5. The Morgan fingerprint density at radius 3 is 2.46 bits per heavy atom. The molecule has 1 aliphatic rings. The van der Waals surface area contributed by atoms with Gasteiger partial charge in [-0.1, -0.05) is 0 Å². The number of carboxylic acids is 1. The Morgan fingerprint density at radius 1 is 1.33 bits per heavy atom. The van der Waals surface area contributed by atoms with E-state index < -0.39 is 17.7 Å². The van der Waals surface area contributed by atoms with Crippen LogP contribution in [0.25, 0.3) is 0 Å². The lowest BCUT2D eigenvalue weighted by molar-refractivity contribution is -0.274. The molecule has 6 nitrogen and oxygen atoms in total. The van der Waals surface area contributed by atoms with Crippen molar-refractivity contribution in [2.75, 3.05) is 25.0 Å². The lowest BCUT2D eigenvalue weighted by Crippen LogP contribution is -2.35. The van der Waals surface area contributed by atoms with Gasteiger partial charge in [0.05, 0.1) is 12.0 Å². The van der Waals surface area contributed by atoms with Crippen LogP contribution in [-0.4, -0.2) is 47.9 Å². The number of anilines is 1. The largest absolute Gasteiger partial charge is 0.573 e. The van der Waals surface area contributed by atoms with Crippen LogP contribution in [0.1, 0.15) is 13.3 Å². The number of aliphatic carboxylic acids is 1. The number of amides is 1. The molecule has 132 valence electrons. The van der Waals surface area contributed by atoms with E-state index in [2.05, 4.69) is 10.1 Å². The number of ether oxygens (including phenoxy) is 1. The molecule has 1 saturated heterocycles. The average molecular weight is 346 g/mol. The molecule has 0 bridgehead atoms. The molecule has 1 amide bonds. The molecule has 0 aromatic heterocycles. The van der Waals surface area contributed by atoms with Crippen LogP contribution in [0.4, 0.5) is 18.9 Å². The summed E-state index contributed by atoms with van der Waals surface area (Å²) in [5.74, 6) is -1.64. The fraction of sp³-hybridized carbons (Fsp3) is 0.467. The van der Waals surface area contributed by atoms with Gasteiger partial charge in [-0.3, -0.25) is 14.5 Å². The number of alkyl halides is 3. The molecule has 1 aromatic rings. The Balaban J connectivity index is 1.86. The maximum absolute atomic E-state index is 12.1. The number of nitrogens with zero attached hydrogens (tertiary/aromatic N) is 1. The second-order valence-corrected chi connectivity index (χ2v) is 5.95. The SMILES string of the molecule is CC1(C(=O)O)CCN(CC(=O)Nc2ccc(OC(F)(F)F)cc2)C1. The van der Waals surface area contributed by atoms with Crippen LogP contribution < -0.4 is 10.1 Å². The van der Waals surface area contributed by atoms with Gasteiger partial charge in [0, 0.05) is 12.2 Å². The van der Waals surface area contributed by atoms with Crippen LogP contribution in [0.3, 0.4) is 0 Å². The fourth-order valence-corrected chi connectivity index (χ4v) is 2.51. The quantitative estimate of drug-likeness (QED) is 0.855. The first-order valence-corrected chi connectivity index (χ1v) is 7.19. The van der Waals surface area contributed by atoms with E-state index in [-0.39, 0.29) is 24.7 Å². The molecule has 0 aliphatic carbocycles. The van der Waals surface area contributed by atoms with Crippen molar-refractivity contribution in [2.45, 2.75) is 19.7 Å². The first-order valence-electron chi connectivity index (χ1n) is 7.19. The number of halogens is 3. The molecule has 1 aliphatic heterocycles. The van der Waals surface area contributed by atoms with Crippen LogP contribution in [0, 0.1) is 5.41 Å². The summed E-state index contributed by atoms with van der Waals surface area (Å²) in [6, 6.07) is 4.79. The Labute approximate surface area is 136 Å². The third-order valence-corrected chi connectivity index (χ3v) is 3.81. The van der Waals surface area contributed by atoms with Gasteiger partial charge in [-0.05, 0) is 44.2 Å². The van der Waals surface area contributed by atoms with E-state index in [9.17, 15) is 22.8 Å². The molecule has 1 unspecified atom stereocenters. The number of carbonyl (C=O) groups is 2. The maximum atomic E-state index is 12.1. The van der Waals surface area contributed by atoms with E-state index in [0.717, 1.165) is 12.1 Å². The maximum Gasteiger partial charge on any atom is 0.573 e. The summed E-state index contributed by atoms with van der Waals surface area (Å²) >= 11 is 0. The van der Waals surface area contributed by atoms with Gasteiger partial charge in [0.25, 0.3) is 0 Å². The van der Waals surface area contributed by atoms with Crippen molar-refractivity contribution >= 4 is 17.6 Å². The van der Waals surface area contributed by atoms with Crippen molar-refractivity contribution in [3.63, 3.8) is 0 Å². The highest BCUT2D eigenvalue weighted by Gasteiger charge is 2.40. The summed E-state index contributed by atoms with van der Waals surface area (Å²) < 4.78 is 39.9. The molecule has 1 aromatic carbocycles. The smallest absolute Gasteiger partial charge is 0.481 e. The molecule has 0 radical (unpaired) electrons. The van der Waals surface area contributed by atoms with E-state index in [0.29, 0.717) is 18.7 Å². The third kappa shape index (κ3) is 4.85. The number of hydrogen-bond donors (Lipinski definition) is 2. The van der Waals surface area contributed by atoms with E-state index in [4.69, 9.17) is 5.11 Å². The van der Waals surface area contributed by atoms with Crippen molar-refractivity contribution < 1.29 is 32.6 Å². The van der Waals surface area contributed by atoms with E-state index in [1.807, 2.05) is 0 Å². The summed E-state index contributed by atoms with van der Waals surface area (Å²) in [5.41, 5.74) is -0.536. The van der Waals surface area contributed by atoms with Crippen molar-refractivity contribution in [3.8, 4) is 5.75 Å². The summed E-state index contributed by atoms with van der Waals surface area (Å²) in [6.07, 6.45) is -4.31. The van der Waals surface area contributed by atoms with Crippen LogP contribution in [0.5, 0.6) is 5.75 Å². The molecule has 1 fully saturated rings. The van der Waals surface area contributed by atoms with E-state index in [1.165, 1.54) is 12.1 Å². The molecule has 24 heavy (non-hydrogen) atoms. The number of carbonyl (C=O) groups excluding carboxylic acids is 1. The van der Waals surface area contributed by atoms with E-state index >= 15 is 0 Å². The number of benzene rings is 1. The molecule has 1 heterocycles. The number of carboxylic acid groups (broad SMARTS) is 1. The van der Waals surface area contributed by atoms with Gasteiger partial charge >= 0.3 is 12.3 Å². The average Bonchev–Trinajstić information content (AvgIpc) is 2.82. The van der Waals surface area contributed by atoms with Crippen molar-refractivity contribution in [1.82, 2.24) is 4.90 Å². The van der Waals surface area contributed by atoms with Gasteiger partial charge in [-0.15, -0.1) is 13.2 Å². The molecule has 2 rings (SSSR count). The summed E-state index contributed by atoms with van der Waals surface area (Å²) in [7, 11) is 0. The summed E-state index contributed by atoms with van der Waals surface area (Å²) in [5, 5.41) is 11.7. The van der Waals surface area contributed by atoms with Crippen LogP contribution in [0.15, 0.2) is 24.3 Å². The Morgan fingerprint density at radius 2 is 1.96 bits per heavy atom. The third-order valence-electron chi connectivity index (χ3n) is 3.81. The predicted molar refractivity (Wildman–Crippen MR) is 78.6 cm³/mol. The standard InChI is InChI=1S/C15H17F3N2O4/c1-14(13(22)23)6-7-20(9-14)8-12(21)19-10-2-4-11(5-3-10)24-15(16,17)18/h2-5H,6-9H2,1H3,(H,19,21)(H,22,23). The molecule has 9 heteroatoms. The fourth-order valence-electron chi connectivity index (χ4n) is 2.51. The second kappa shape index (κ2) is 6.68. The van der Waals surface area contributed by atoms with Crippen LogP contribution in [0.2, 0.25) is 0 Å². The first kappa shape index (κ1) is 18.1. The first-order chi connectivity index (χ1) is 11.1. The monoisotopic (exact) mass is 346 g/mol. The van der Waals surface area contributed by atoms with Gasteiger partial charge in [0.2, 0.25) is 5.91 Å². The van der Waals surface area contributed by atoms with Crippen LogP contribution >= 0.6 is 0 Å². The zero-order valence-electron chi connectivity index (χ0n) is 12.9. The minimum Gasteiger partial charge on any atom is -0.481 e. The van der Waals surface area contributed by atoms with Gasteiger partial charge in [0.1, 0.15) is 5.75 Å². The number of likely N-dealkylation sites (tertiary alicyclic amines) is 1. The highest BCUT2D eigenvalue weighted by atomic mass is 19.4. The van der Waals surface area contributed by atoms with Gasteiger partial charge in [-0.2, -0.15) is 0 Å². The number of hydrogen-bond acceptors (Lipinski definition) is 4.